The van der Waals surface area contributed by atoms with Crippen molar-refractivity contribution < 1.29 is 9.53 Å². The minimum atomic E-state index is -0.298. The lowest BCUT2D eigenvalue weighted by Gasteiger charge is -2.32. The Morgan fingerprint density at radius 1 is 1.30 bits per heavy atom. The number of nitrogens with zero attached hydrogens (tertiary/aromatic N) is 4. The maximum absolute atomic E-state index is 12.7. The van der Waals surface area contributed by atoms with E-state index in [1.54, 1.807) is 7.11 Å². The smallest absolute Gasteiger partial charge is 0.246 e. The maximum atomic E-state index is 12.7. The van der Waals surface area contributed by atoms with E-state index in [9.17, 15) is 4.79 Å². The monoisotopic (exact) mass is 315 g/mol. The Morgan fingerprint density at radius 2 is 2.04 bits per heavy atom. The fourth-order valence-electron chi connectivity index (χ4n) is 2.92. The molecule has 2 heterocycles. The Hall–Kier alpha value is -2.41. The van der Waals surface area contributed by atoms with E-state index in [-0.39, 0.29) is 11.9 Å². The van der Waals surface area contributed by atoms with Crippen molar-refractivity contribution in [3.05, 3.63) is 41.5 Å². The lowest BCUT2D eigenvalue weighted by atomic mass is 10.1. The van der Waals surface area contributed by atoms with Crippen molar-refractivity contribution in [3.8, 4) is 5.75 Å². The first-order valence-electron chi connectivity index (χ1n) is 7.68. The molecule has 7 nitrogen and oxygen atoms in total. The van der Waals surface area contributed by atoms with Gasteiger partial charge in [-0.25, -0.2) is 0 Å². The number of methoxy groups -OCH3 is 1. The van der Waals surface area contributed by atoms with Crippen LogP contribution in [0.15, 0.2) is 24.3 Å². The number of rotatable bonds is 5. The molecule has 1 aromatic carbocycles. The molecule has 0 aliphatic carbocycles. The van der Waals surface area contributed by atoms with Gasteiger partial charge >= 0.3 is 0 Å². The molecular weight excluding hydrogens is 294 g/mol. The number of hydrogen-bond donors (Lipinski definition) is 1. The van der Waals surface area contributed by atoms with Crippen LogP contribution in [0.25, 0.3) is 0 Å². The van der Waals surface area contributed by atoms with Gasteiger partial charge < -0.3 is 19.9 Å². The molecule has 23 heavy (non-hydrogen) atoms. The first-order chi connectivity index (χ1) is 11.1. The number of nitrogens with two attached hydrogens (primary N) is 1. The Morgan fingerprint density at radius 3 is 2.70 bits per heavy atom. The molecule has 0 unspecified atom stereocenters. The predicted octanol–water partition coefficient (Wildman–Crippen LogP) is 0.891. The lowest BCUT2D eigenvalue weighted by molar-refractivity contribution is -0.137. The summed E-state index contributed by atoms with van der Waals surface area (Å²) >= 11 is 0. The molecule has 1 atom stereocenters. The topological polar surface area (TPSA) is 86.3 Å². The summed E-state index contributed by atoms with van der Waals surface area (Å²) in [7, 11) is 1.64. The number of fused-ring (bicyclic) bond motifs is 1. The molecule has 3 rings (SSSR count). The number of carbonyl (C=O) groups excluding carboxylic acids is 1. The second kappa shape index (κ2) is 6.37. The summed E-state index contributed by atoms with van der Waals surface area (Å²) in [5, 5.41) is 8.40. The number of ether oxygens (including phenoxy) is 1. The molecular formula is C16H21N5O2. The van der Waals surface area contributed by atoms with Crippen LogP contribution in [0.2, 0.25) is 0 Å². The van der Waals surface area contributed by atoms with Crippen LogP contribution in [-0.4, -0.2) is 39.2 Å². The zero-order valence-electron chi connectivity index (χ0n) is 13.4. The third kappa shape index (κ3) is 2.92. The molecule has 0 saturated heterocycles. The van der Waals surface area contributed by atoms with Gasteiger partial charge in [-0.3, -0.25) is 4.79 Å². The van der Waals surface area contributed by atoms with E-state index in [0.717, 1.165) is 23.0 Å². The van der Waals surface area contributed by atoms with Gasteiger partial charge in [0.1, 0.15) is 17.6 Å². The Bertz CT molecular complexity index is 695. The number of carbonyl (C=O) groups is 1. The van der Waals surface area contributed by atoms with Crippen LogP contribution in [0.3, 0.4) is 0 Å². The molecule has 1 aliphatic rings. The molecule has 122 valence electrons. The molecule has 0 bridgehead atoms. The fraction of sp³-hybridized carbons (Fsp3) is 0.438. The van der Waals surface area contributed by atoms with Crippen molar-refractivity contribution in [2.45, 2.75) is 32.5 Å². The molecule has 1 aromatic heterocycles. The standard InChI is InChI=1S/C16H21N5O2/c1-11-16(22)20(9-12-3-5-13(23-2)6-4-12)10-15-19-18-14(7-8-17)21(11)15/h3-6,11H,7-10,17H2,1-2H3/t11-/m0/s1. The summed E-state index contributed by atoms with van der Waals surface area (Å²) in [6, 6.07) is 7.43. The van der Waals surface area contributed by atoms with Gasteiger partial charge in [0.2, 0.25) is 5.91 Å². The lowest BCUT2D eigenvalue weighted by Crippen LogP contribution is -2.41. The number of aromatic nitrogens is 3. The molecule has 1 aliphatic heterocycles. The molecule has 2 aromatic rings. The molecule has 7 heteroatoms. The van der Waals surface area contributed by atoms with Crippen LogP contribution in [0.1, 0.15) is 30.2 Å². The molecule has 1 amide bonds. The van der Waals surface area contributed by atoms with Crippen LogP contribution in [0, 0.1) is 0 Å². The van der Waals surface area contributed by atoms with Gasteiger partial charge in [-0.05, 0) is 31.2 Å². The molecule has 0 saturated carbocycles. The van der Waals surface area contributed by atoms with Gasteiger partial charge in [-0.1, -0.05) is 12.1 Å². The second-order valence-electron chi connectivity index (χ2n) is 5.66. The SMILES string of the molecule is COc1ccc(CN2Cc3nnc(CCN)n3[C@@H](C)C2=O)cc1. The first-order valence-corrected chi connectivity index (χ1v) is 7.68. The summed E-state index contributed by atoms with van der Waals surface area (Å²) < 4.78 is 7.07. The third-order valence-electron chi connectivity index (χ3n) is 4.13. The molecule has 2 N–H and O–H groups in total. The van der Waals surface area contributed by atoms with Crippen molar-refractivity contribution in [2.24, 2.45) is 5.73 Å². The fourth-order valence-corrected chi connectivity index (χ4v) is 2.92. The summed E-state index contributed by atoms with van der Waals surface area (Å²) in [4.78, 5) is 14.5. The minimum Gasteiger partial charge on any atom is -0.497 e. The highest BCUT2D eigenvalue weighted by atomic mass is 16.5. The third-order valence-corrected chi connectivity index (χ3v) is 4.13. The number of hydrogen-bond acceptors (Lipinski definition) is 5. The van der Waals surface area contributed by atoms with Gasteiger partial charge in [0, 0.05) is 13.0 Å². The quantitative estimate of drug-likeness (QED) is 0.885. The summed E-state index contributed by atoms with van der Waals surface area (Å²) in [6.45, 7) is 3.39. The van der Waals surface area contributed by atoms with Crippen LogP contribution in [0.5, 0.6) is 5.75 Å². The highest BCUT2D eigenvalue weighted by Gasteiger charge is 2.32. The van der Waals surface area contributed by atoms with E-state index in [1.807, 2.05) is 40.7 Å². The summed E-state index contributed by atoms with van der Waals surface area (Å²) in [5.74, 6) is 2.48. The van der Waals surface area contributed by atoms with Crippen molar-refractivity contribution in [3.63, 3.8) is 0 Å². The molecule has 0 fully saturated rings. The van der Waals surface area contributed by atoms with Gasteiger partial charge in [0.15, 0.2) is 5.82 Å². The van der Waals surface area contributed by atoms with Crippen LogP contribution >= 0.6 is 0 Å². The number of benzene rings is 1. The van der Waals surface area contributed by atoms with Gasteiger partial charge in [0.25, 0.3) is 0 Å². The van der Waals surface area contributed by atoms with E-state index in [2.05, 4.69) is 10.2 Å². The van der Waals surface area contributed by atoms with Crippen LogP contribution in [0.4, 0.5) is 0 Å². The van der Waals surface area contributed by atoms with Crippen molar-refractivity contribution >= 4 is 5.91 Å². The average Bonchev–Trinajstić information content (AvgIpc) is 2.96. The zero-order chi connectivity index (χ0) is 16.4. The molecule has 0 radical (unpaired) electrons. The van der Waals surface area contributed by atoms with E-state index in [0.29, 0.717) is 26.1 Å². The van der Waals surface area contributed by atoms with Crippen molar-refractivity contribution in [1.29, 1.82) is 0 Å². The van der Waals surface area contributed by atoms with Crippen molar-refractivity contribution in [1.82, 2.24) is 19.7 Å². The van der Waals surface area contributed by atoms with E-state index in [4.69, 9.17) is 10.5 Å². The summed E-state index contributed by atoms with van der Waals surface area (Å²) in [5.41, 5.74) is 6.66. The molecule has 0 spiro atoms. The van der Waals surface area contributed by atoms with Gasteiger partial charge in [0.05, 0.1) is 13.7 Å². The highest BCUT2D eigenvalue weighted by Crippen LogP contribution is 2.24. The predicted molar refractivity (Wildman–Crippen MR) is 84.7 cm³/mol. The van der Waals surface area contributed by atoms with Crippen molar-refractivity contribution in [2.75, 3.05) is 13.7 Å². The van der Waals surface area contributed by atoms with E-state index in [1.165, 1.54) is 0 Å². The van der Waals surface area contributed by atoms with E-state index < -0.39 is 0 Å². The van der Waals surface area contributed by atoms with Crippen LogP contribution < -0.4 is 10.5 Å². The van der Waals surface area contributed by atoms with Gasteiger partial charge in [-0.15, -0.1) is 10.2 Å². The Balaban J connectivity index is 1.80. The van der Waals surface area contributed by atoms with E-state index >= 15 is 0 Å². The van der Waals surface area contributed by atoms with Crippen LogP contribution in [-0.2, 0) is 24.3 Å². The Labute approximate surface area is 135 Å². The zero-order valence-corrected chi connectivity index (χ0v) is 13.4. The summed E-state index contributed by atoms with van der Waals surface area (Å²) in [6.07, 6.45) is 0.628. The largest absolute Gasteiger partial charge is 0.497 e. The first kappa shape index (κ1) is 15.5. The highest BCUT2D eigenvalue weighted by molar-refractivity contribution is 5.81. The average molecular weight is 315 g/mol. The minimum absolute atomic E-state index is 0.0754. The Kier molecular flexibility index (Phi) is 4.29. The number of amides is 1. The second-order valence-corrected chi connectivity index (χ2v) is 5.66. The maximum Gasteiger partial charge on any atom is 0.246 e. The normalized spacial score (nSPS) is 17.3. The van der Waals surface area contributed by atoms with Gasteiger partial charge in [-0.2, -0.15) is 0 Å².